The molecule has 6 heteroatoms. The number of amides is 2. The number of esters is 1. The topological polar surface area (TPSA) is 84.5 Å². The highest BCUT2D eigenvalue weighted by Gasteiger charge is 2.00. The van der Waals surface area contributed by atoms with Crippen LogP contribution < -0.4 is 10.6 Å². The summed E-state index contributed by atoms with van der Waals surface area (Å²) in [6.07, 6.45) is 3.66. The van der Waals surface area contributed by atoms with E-state index in [0.717, 1.165) is 25.0 Å². The molecule has 0 spiro atoms. The Morgan fingerprint density at radius 1 is 1.11 bits per heavy atom. The third kappa shape index (κ3) is 9.58. The highest BCUT2D eigenvalue weighted by molar-refractivity contribution is 5.94. The molecule has 6 nitrogen and oxygen atoms in total. The molecule has 2 amide bonds. The molecule has 0 aliphatic carbocycles. The fourth-order valence-corrected chi connectivity index (χ4v) is 1.09. The van der Waals surface area contributed by atoms with Crippen LogP contribution in [0.1, 0.15) is 19.8 Å². The molecule has 19 heavy (non-hydrogen) atoms. The summed E-state index contributed by atoms with van der Waals surface area (Å²) >= 11 is 0. The molecule has 0 aliphatic rings. The first-order valence-corrected chi connectivity index (χ1v) is 5.95. The maximum absolute atomic E-state index is 11.2. The van der Waals surface area contributed by atoms with Gasteiger partial charge in [-0.15, -0.1) is 0 Å². The normalized spacial score (nSPS) is 10.0. The molecule has 106 valence electrons. The molecule has 0 aliphatic heterocycles. The van der Waals surface area contributed by atoms with Gasteiger partial charge < -0.3 is 15.4 Å². The second-order valence-corrected chi connectivity index (χ2v) is 3.89. The first-order chi connectivity index (χ1) is 8.97. The third-order valence-corrected chi connectivity index (χ3v) is 2.15. The lowest BCUT2D eigenvalue weighted by molar-refractivity contribution is -0.135. The van der Waals surface area contributed by atoms with Crippen LogP contribution in [0.5, 0.6) is 0 Å². The summed E-state index contributed by atoms with van der Waals surface area (Å²) in [5, 5.41) is 5.30. The Labute approximate surface area is 112 Å². The van der Waals surface area contributed by atoms with Crippen LogP contribution in [0.25, 0.3) is 0 Å². The van der Waals surface area contributed by atoms with E-state index in [9.17, 15) is 14.4 Å². The van der Waals surface area contributed by atoms with Crippen molar-refractivity contribution in [3.63, 3.8) is 0 Å². The fraction of sp³-hybridized carbons (Fsp3) is 0.462. The van der Waals surface area contributed by atoms with Crippen molar-refractivity contribution in [3.8, 4) is 0 Å². The lowest BCUT2D eigenvalue weighted by Crippen LogP contribution is -2.26. The van der Waals surface area contributed by atoms with Crippen LogP contribution in [-0.4, -0.2) is 38.0 Å². The number of carbonyl (C=O) groups excluding carboxylic acids is 3. The van der Waals surface area contributed by atoms with E-state index in [4.69, 9.17) is 0 Å². The summed E-state index contributed by atoms with van der Waals surface area (Å²) in [4.78, 5) is 33.0. The van der Waals surface area contributed by atoms with Crippen LogP contribution >= 0.6 is 0 Å². The molecule has 0 unspecified atom stereocenters. The largest absolute Gasteiger partial charge is 0.466 e. The van der Waals surface area contributed by atoms with Crippen molar-refractivity contribution in [2.24, 2.45) is 0 Å². The van der Waals surface area contributed by atoms with Crippen LogP contribution in [0.2, 0.25) is 0 Å². The number of unbranched alkanes of at least 4 members (excludes halogenated alkanes) is 1. The van der Waals surface area contributed by atoms with Gasteiger partial charge in [0.25, 0.3) is 0 Å². The molecule has 0 fully saturated rings. The molecule has 0 rings (SSSR count). The van der Waals surface area contributed by atoms with Crippen molar-refractivity contribution in [1.82, 2.24) is 10.6 Å². The highest BCUT2D eigenvalue weighted by Crippen LogP contribution is 1.89. The standard InChI is InChI=1S/C13H20N2O4/c1-10(2)13(18)15-9-5-4-8-14-11(16)6-7-12(17)19-3/h6-7H,1,4-5,8-9H2,2-3H3,(H,14,16)(H,15,18)/b7-6+. The lowest BCUT2D eigenvalue weighted by atomic mass is 10.3. The average Bonchev–Trinajstić information content (AvgIpc) is 2.39. The van der Waals surface area contributed by atoms with Gasteiger partial charge in [-0.3, -0.25) is 9.59 Å². The molecule has 0 heterocycles. The summed E-state index contributed by atoms with van der Waals surface area (Å²) in [6.45, 7) is 6.18. The quantitative estimate of drug-likeness (QED) is 0.377. The molecule has 0 atom stereocenters. The van der Waals surface area contributed by atoms with E-state index in [-0.39, 0.29) is 11.8 Å². The first kappa shape index (κ1) is 16.9. The van der Waals surface area contributed by atoms with Gasteiger partial charge in [0.15, 0.2) is 0 Å². The molecular weight excluding hydrogens is 248 g/mol. The van der Waals surface area contributed by atoms with E-state index >= 15 is 0 Å². The zero-order valence-electron chi connectivity index (χ0n) is 11.3. The van der Waals surface area contributed by atoms with Crippen LogP contribution in [0.4, 0.5) is 0 Å². The van der Waals surface area contributed by atoms with Crippen LogP contribution in [0.15, 0.2) is 24.3 Å². The molecule has 0 radical (unpaired) electrons. The number of rotatable bonds is 8. The van der Waals surface area contributed by atoms with Gasteiger partial charge in [-0.25, -0.2) is 4.79 Å². The zero-order valence-corrected chi connectivity index (χ0v) is 11.3. The average molecular weight is 268 g/mol. The van der Waals surface area contributed by atoms with E-state index in [0.29, 0.717) is 18.7 Å². The minimum Gasteiger partial charge on any atom is -0.466 e. The molecule has 2 N–H and O–H groups in total. The fourth-order valence-electron chi connectivity index (χ4n) is 1.09. The number of hydrogen-bond acceptors (Lipinski definition) is 4. The van der Waals surface area contributed by atoms with Gasteiger partial charge in [0.2, 0.25) is 11.8 Å². The predicted octanol–water partition coefficient (Wildman–Crippen LogP) is 0.304. The highest BCUT2D eigenvalue weighted by atomic mass is 16.5. The van der Waals surface area contributed by atoms with Gasteiger partial charge in [0.05, 0.1) is 7.11 Å². The summed E-state index contributed by atoms with van der Waals surface area (Å²) in [5.41, 5.74) is 0.473. The summed E-state index contributed by atoms with van der Waals surface area (Å²) in [7, 11) is 1.24. The number of hydrogen-bond donors (Lipinski definition) is 2. The molecule has 0 saturated heterocycles. The molecular formula is C13H20N2O4. The minimum atomic E-state index is -0.572. The number of carbonyl (C=O) groups is 3. The van der Waals surface area contributed by atoms with Crippen molar-refractivity contribution in [1.29, 1.82) is 0 Å². The lowest BCUT2D eigenvalue weighted by Gasteiger charge is -2.05. The van der Waals surface area contributed by atoms with E-state index in [1.54, 1.807) is 6.92 Å². The Morgan fingerprint density at radius 2 is 1.68 bits per heavy atom. The monoisotopic (exact) mass is 268 g/mol. The first-order valence-electron chi connectivity index (χ1n) is 5.95. The Hall–Kier alpha value is -2.11. The Balaban J connectivity index is 3.57. The molecule has 0 aromatic rings. The second-order valence-electron chi connectivity index (χ2n) is 3.89. The van der Waals surface area contributed by atoms with Gasteiger partial charge in [0, 0.05) is 30.8 Å². The zero-order chi connectivity index (χ0) is 14.7. The van der Waals surface area contributed by atoms with Gasteiger partial charge in [-0.05, 0) is 19.8 Å². The molecule has 0 aromatic carbocycles. The third-order valence-electron chi connectivity index (χ3n) is 2.15. The molecule has 0 aromatic heterocycles. The van der Waals surface area contributed by atoms with Crippen LogP contribution in [0.3, 0.4) is 0 Å². The number of methoxy groups -OCH3 is 1. The van der Waals surface area contributed by atoms with Crippen LogP contribution in [0, 0.1) is 0 Å². The number of nitrogens with one attached hydrogen (secondary N) is 2. The summed E-state index contributed by atoms with van der Waals surface area (Å²) in [5.74, 6) is -1.08. The van der Waals surface area contributed by atoms with Gasteiger partial charge in [-0.1, -0.05) is 6.58 Å². The Bertz CT molecular complexity index is 375. The Morgan fingerprint density at radius 3 is 2.21 bits per heavy atom. The smallest absolute Gasteiger partial charge is 0.330 e. The molecule has 0 bridgehead atoms. The van der Waals surface area contributed by atoms with Crippen molar-refractivity contribution < 1.29 is 19.1 Å². The maximum atomic E-state index is 11.2. The van der Waals surface area contributed by atoms with Gasteiger partial charge >= 0.3 is 5.97 Å². The maximum Gasteiger partial charge on any atom is 0.330 e. The second kappa shape index (κ2) is 9.87. The van der Waals surface area contributed by atoms with Gasteiger partial charge in [-0.2, -0.15) is 0 Å². The summed E-state index contributed by atoms with van der Waals surface area (Å²) < 4.78 is 4.35. The minimum absolute atomic E-state index is 0.162. The van der Waals surface area contributed by atoms with E-state index in [1.807, 2.05) is 0 Å². The van der Waals surface area contributed by atoms with Crippen LogP contribution in [-0.2, 0) is 19.1 Å². The summed E-state index contributed by atoms with van der Waals surface area (Å²) in [6, 6.07) is 0. The van der Waals surface area contributed by atoms with Gasteiger partial charge in [0.1, 0.15) is 0 Å². The van der Waals surface area contributed by atoms with E-state index in [1.165, 1.54) is 7.11 Å². The van der Waals surface area contributed by atoms with Crippen molar-refractivity contribution in [2.75, 3.05) is 20.2 Å². The number of ether oxygens (including phenoxy) is 1. The SMILES string of the molecule is C=C(C)C(=O)NCCCCNC(=O)/C=C/C(=O)OC. The van der Waals surface area contributed by atoms with Crippen molar-refractivity contribution >= 4 is 17.8 Å². The predicted molar refractivity (Wildman–Crippen MR) is 71.2 cm³/mol. The van der Waals surface area contributed by atoms with E-state index in [2.05, 4.69) is 21.9 Å². The molecule has 0 saturated carbocycles. The van der Waals surface area contributed by atoms with E-state index < -0.39 is 5.97 Å². The van der Waals surface area contributed by atoms with Crippen molar-refractivity contribution in [2.45, 2.75) is 19.8 Å². The Kier molecular flexibility index (Phi) is 8.78. The van der Waals surface area contributed by atoms with Crippen molar-refractivity contribution in [3.05, 3.63) is 24.3 Å².